The van der Waals surface area contributed by atoms with E-state index in [9.17, 15) is 0 Å². The first-order chi connectivity index (χ1) is 15.3. The molecule has 3 saturated carbocycles. The first kappa shape index (κ1) is 25.6. The Labute approximate surface area is 195 Å². The Morgan fingerprint density at radius 2 is 1.13 bits per heavy atom. The van der Waals surface area contributed by atoms with Crippen molar-refractivity contribution in [1.82, 2.24) is 0 Å². The van der Waals surface area contributed by atoms with Crippen LogP contribution in [-0.4, -0.2) is 12.2 Å². The van der Waals surface area contributed by atoms with E-state index in [1.54, 1.807) is 25.7 Å². The molecule has 3 aliphatic rings. The normalized spacial score (nSPS) is 31.5. The third-order valence-corrected chi connectivity index (χ3v) is 9.59. The Morgan fingerprint density at radius 1 is 0.581 bits per heavy atom. The van der Waals surface area contributed by atoms with Gasteiger partial charge in [0.15, 0.2) is 0 Å². The lowest BCUT2D eigenvalue weighted by molar-refractivity contribution is -0.122. The van der Waals surface area contributed by atoms with E-state index in [1.165, 1.54) is 116 Å². The van der Waals surface area contributed by atoms with Crippen LogP contribution >= 0.6 is 0 Å². The smallest absolute Gasteiger partial charge is 0.0710 e. The Morgan fingerprint density at radius 3 is 1.71 bits per heavy atom. The van der Waals surface area contributed by atoms with Gasteiger partial charge in [-0.2, -0.15) is 0 Å². The molecule has 182 valence electrons. The molecule has 0 bridgehead atoms. The summed E-state index contributed by atoms with van der Waals surface area (Å²) < 4.78 is 6.69. The van der Waals surface area contributed by atoms with E-state index in [2.05, 4.69) is 13.8 Å². The van der Waals surface area contributed by atoms with Crippen LogP contribution in [0.15, 0.2) is 0 Å². The Hall–Kier alpha value is -0.0400. The van der Waals surface area contributed by atoms with Gasteiger partial charge in [-0.15, -0.1) is 0 Å². The van der Waals surface area contributed by atoms with Crippen molar-refractivity contribution >= 4 is 0 Å². The molecular weight excluding hydrogens is 376 g/mol. The fourth-order valence-corrected chi connectivity index (χ4v) is 7.36. The van der Waals surface area contributed by atoms with Crippen LogP contribution in [0.5, 0.6) is 0 Å². The molecule has 0 aliphatic heterocycles. The van der Waals surface area contributed by atoms with Gasteiger partial charge in [-0.25, -0.2) is 0 Å². The van der Waals surface area contributed by atoms with Crippen molar-refractivity contribution < 1.29 is 4.74 Å². The maximum absolute atomic E-state index is 6.69. The lowest BCUT2D eigenvalue weighted by Gasteiger charge is -2.46. The van der Waals surface area contributed by atoms with Crippen LogP contribution < -0.4 is 0 Å². The SMILES string of the molecule is CCCCCC[C@H]1CC[C@H](CC[C@H]2CC[C@H](C3(OCCCC)CCCCC3)CC2)CC1. The topological polar surface area (TPSA) is 9.23 Å². The molecule has 3 aliphatic carbocycles. The highest BCUT2D eigenvalue weighted by Crippen LogP contribution is 2.46. The molecule has 1 nitrogen and oxygen atoms in total. The lowest BCUT2D eigenvalue weighted by Crippen LogP contribution is -2.44. The maximum Gasteiger partial charge on any atom is 0.0710 e. The van der Waals surface area contributed by atoms with E-state index in [1.807, 2.05) is 0 Å². The zero-order valence-electron chi connectivity index (χ0n) is 21.5. The Balaban J connectivity index is 1.32. The predicted molar refractivity (Wildman–Crippen MR) is 136 cm³/mol. The molecule has 0 spiro atoms. The highest BCUT2D eigenvalue weighted by Gasteiger charge is 2.42. The summed E-state index contributed by atoms with van der Waals surface area (Å²) in [5.74, 6) is 4.03. The van der Waals surface area contributed by atoms with Crippen LogP contribution in [0.25, 0.3) is 0 Å². The highest BCUT2D eigenvalue weighted by molar-refractivity contribution is 4.93. The van der Waals surface area contributed by atoms with Gasteiger partial charge in [0.25, 0.3) is 0 Å². The van der Waals surface area contributed by atoms with E-state index in [0.717, 1.165) is 30.3 Å². The number of ether oxygens (including phenoxy) is 1. The molecule has 0 aromatic heterocycles. The van der Waals surface area contributed by atoms with Crippen LogP contribution in [0, 0.1) is 23.7 Å². The van der Waals surface area contributed by atoms with Crippen molar-refractivity contribution in [3.63, 3.8) is 0 Å². The average molecular weight is 433 g/mol. The van der Waals surface area contributed by atoms with Crippen molar-refractivity contribution in [3.8, 4) is 0 Å². The molecule has 31 heavy (non-hydrogen) atoms. The zero-order chi connectivity index (χ0) is 21.8. The van der Waals surface area contributed by atoms with Gasteiger partial charge in [0, 0.05) is 6.61 Å². The summed E-state index contributed by atoms with van der Waals surface area (Å²) in [5, 5.41) is 0. The summed E-state index contributed by atoms with van der Waals surface area (Å²) in [7, 11) is 0. The molecule has 0 heterocycles. The van der Waals surface area contributed by atoms with Gasteiger partial charge in [-0.1, -0.05) is 123 Å². The molecule has 0 N–H and O–H groups in total. The van der Waals surface area contributed by atoms with Crippen LogP contribution in [0.1, 0.15) is 155 Å². The summed E-state index contributed by atoms with van der Waals surface area (Å²) in [5.41, 5.74) is 0.272. The van der Waals surface area contributed by atoms with Crippen LogP contribution in [0.2, 0.25) is 0 Å². The van der Waals surface area contributed by atoms with Crippen LogP contribution in [-0.2, 0) is 4.74 Å². The average Bonchev–Trinajstić information content (AvgIpc) is 2.82. The van der Waals surface area contributed by atoms with E-state index in [0.29, 0.717) is 0 Å². The molecule has 0 aromatic rings. The Bertz CT molecular complexity index is 435. The van der Waals surface area contributed by atoms with E-state index in [4.69, 9.17) is 4.74 Å². The minimum Gasteiger partial charge on any atom is -0.375 e. The number of unbranched alkanes of at least 4 members (excludes halogenated alkanes) is 4. The molecule has 0 aromatic carbocycles. The van der Waals surface area contributed by atoms with Gasteiger partial charge < -0.3 is 4.74 Å². The molecule has 1 heteroatoms. The van der Waals surface area contributed by atoms with Crippen molar-refractivity contribution in [1.29, 1.82) is 0 Å². The maximum atomic E-state index is 6.69. The molecule has 0 unspecified atom stereocenters. The highest BCUT2D eigenvalue weighted by atomic mass is 16.5. The zero-order valence-corrected chi connectivity index (χ0v) is 21.5. The quantitative estimate of drug-likeness (QED) is 0.263. The van der Waals surface area contributed by atoms with Gasteiger partial charge in [-0.3, -0.25) is 0 Å². The molecular formula is C30H56O. The summed E-state index contributed by atoms with van der Waals surface area (Å²) in [4.78, 5) is 0. The largest absolute Gasteiger partial charge is 0.375 e. The third-order valence-electron chi connectivity index (χ3n) is 9.59. The van der Waals surface area contributed by atoms with E-state index < -0.39 is 0 Å². The predicted octanol–water partition coefficient (Wildman–Crippen LogP) is 9.87. The summed E-state index contributed by atoms with van der Waals surface area (Å²) in [6, 6.07) is 0. The number of hydrogen-bond acceptors (Lipinski definition) is 1. The first-order valence-electron chi connectivity index (χ1n) is 14.9. The molecule has 0 saturated heterocycles. The van der Waals surface area contributed by atoms with Crippen LogP contribution in [0.3, 0.4) is 0 Å². The third kappa shape index (κ3) is 8.35. The monoisotopic (exact) mass is 432 g/mol. The standard InChI is InChI=1S/C30H56O/c1-3-5-7-9-12-26-13-15-27(16-14-26)17-18-28-19-21-29(22-20-28)30(31-25-6-4-2)23-10-8-11-24-30/h26-29H,3-25H2,1-2H3/t26-,27-,28-,29-. The second kappa shape index (κ2) is 14.3. The van der Waals surface area contributed by atoms with Crippen molar-refractivity contribution in [2.24, 2.45) is 23.7 Å². The molecule has 3 fully saturated rings. The number of rotatable bonds is 13. The summed E-state index contributed by atoms with van der Waals surface area (Å²) in [6.45, 7) is 5.63. The van der Waals surface area contributed by atoms with E-state index in [-0.39, 0.29) is 5.60 Å². The van der Waals surface area contributed by atoms with Crippen LogP contribution in [0.4, 0.5) is 0 Å². The van der Waals surface area contributed by atoms with Gasteiger partial charge in [-0.05, 0) is 55.8 Å². The van der Waals surface area contributed by atoms with Gasteiger partial charge in [0.05, 0.1) is 5.60 Å². The Kier molecular flexibility index (Phi) is 11.8. The van der Waals surface area contributed by atoms with Crippen molar-refractivity contribution in [2.45, 2.75) is 161 Å². The molecule has 0 amide bonds. The van der Waals surface area contributed by atoms with Gasteiger partial charge in [0.2, 0.25) is 0 Å². The second-order valence-corrected chi connectivity index (χ2v) is 11.9. The molecule has 3 rings (SSSR count). The van der Waals surface area contributed by atoms with Gasteiger partial charge in [0.1, 0.15) is 0 Å². The molecule has 0 atom stereocenters. The fraction of sp³-hybridized carbons (Fsp3) is 1.00. The second-order valence-electron chi connectivity index (χ2n) is 11.9. The minimum atomic E-state index is 0.272. The van der Waals surface area contributed by atoms with Gasteiger partial charge >= 0.3 is 0 Å². The van der Waals surface area contributed by atoms with Crippen molar-refractivity contribution in [2.75, 3.05) is 6.61 Å². The van der Waals surface area contributed by atoms with E-state index >= 15 is 0 Å². The summed E-state index contributed by atoms with van der Waals surface area (Å²) in [6.07, 6.45) is 32.0. The first-order valence-corrected chi connectivity index (χ1v) is 14.9. The number of hydrogen-bond donors (Lipinski definition) is 0. The lowest BCUT2D eigenvalue weighted by atomic mass is 9.67. The minimum absolute atomic E-state index is 0.272. The summed E-state index contributed by atoms with van der Waals surface area (Å²) >= 11 is 0. The molecule has 0 radical (unpaired) electrons. The van der Waals surface area contributed by atoms with Crippen molar-refractivity contribution in [3.05, 3.63) is 0 Å². The fourth-order valence-electron chi connectivity index (χ4n) is 7.36.